The van der Waals surface area contributed by atoms with E-state index in [0.717, 1.165) is 5.92 Å². The molecule has 0 fully saturated rings. The first-order valence-corrected chi connectivity index (χ1v) is 8.81. The van der Waals surface area contributed by atoms with Gasteiger partial charge in [0.2, 0.25) is 0 Å². The lowest BCUT2D eigenvalue weighted by atomic mass is 9.89. The largest absolute Gasteiger partial charge is 0.0654 e. The fraction of sp³-hybridized carbons (Fsp3) is 0.700. The van der Waals surface area contributed by atoms with E-state index in [2.05, 4.69) is 44.2 Å². The summed E-state index contributed by atoms with van der Waals surface area (Å²) in [5, 5.41) is 0. The summed E-state index contributed by atoms with van der Waals surface area (Å²) in [6, 6.07) is 11.7. The molecule has 1 unspecified atom stereocenters. The van der Waals surface area contributed by atoms with Crippen LogP contribution < -0.4 is 0 Å². The fourth-order valence-corrected chi connectivity index (χ4v) is 2.96. The zero-order chi connectivity index (χ0) is 14.5. The molecule has 20 heavy (non-hydrogen) atoms. The molecular formula is C20H33. The molecule has 0 aliphatic heterocycles. The van der Waals surface area contributed by atoms with Gasteiger partial charge in [0.25, 0.3) is 0 Å². The maximum absolute atomic E-state index is 3.12. The standard InChI is InChI=1S/C20H33/c1-3-5-7-8-11-15-19(14-10-6-4-2)18-20-16-12-9-13-17-20/h12-13,16-17,19H,3-8,10-11,14-15,18H2,1-2H3. The van der Waals surface area contributed by atoms with Crippen LogP contribution in [0.5, 0.6) is 0 Å². The van der Waals surface area contributed by atoms with Gasteiger partial charge < -0.3 is 0 Å². The van der Waals surface area contributed by atoms with Crippen molar-refractivity contribution in [3.63, 3.8) is 0 Å². The van der Waals surface area contributed by atoms with Crippen molar-refractivity contribution < 1.29 is 0 Å². The Morgan fingerprint density at radius 1 is 0.800 bits per heavy atom. The Bertz CT molecular complexity index is 301. The molecule has 0 saturated carbocycles. The maximum Gasteiger partial charge on any atom is -0.0184 e. The minimum atomic E-state index is 0.894. The van der Waals surface area contributed by atoms with Crippen molar-refractivity contribution in [2.75, 3.05) is 0 Å². The third-order valence-electron chi connectivity index (χ3n) is 4.24. The highest BCUT2D eigenvalue weighted by Gasteiger charge is 2.09. The van der Waals surface area contributed by atoms with Crippen LogP contribution in [0.1, 0.15) is 83.6 Å². The average Bonchev–Trinajstić information content (AvgIpc) is 2.48. The van der Waals surface area contributed by atoms with Crippen molar-refractivity contribution in [1.29, 1.82) is 0 Å². The highest BCUT2D eigenvalue weighted by Crippen LogP contribution is 2.22. The summed E-state index contributed by atoms with van der Waals surface area (Å²) in [5.41, 5.74) is 1.50. The Hall–Kier alpha value is -0.780. The van der Waals surface area contributed by atoms with Gasteiger partial charge in [-0.15, -0.1) is 0 Å². The highest BCUT2D eigenvalue weighted by molar-refractivity contribution is 5.14. The molecular weight excluding hydrogens is 240 g/mol. The van der Waals surface area contributed by atoms with Crippen LogP contribution in [-0.4, -0.2) is 0 Å². The SMILES string of the molecule is CCCCCCCC(CCCCC)Cc1cc[c]cc1. The van der Waals surface area contributed by atoms with E-state index in [-0.39, 0.29) is 0 Å². The summed E-state index contributed by atoms with van der Waals surface area (Å²) in [7, 11) is 0. The van der Waals surface area contributed by atoms with E-state index in [0.29, 0.717) is 0 Å². The van der Waals surface area contributed by atoms with Gasteiger partial charge in [0.05, 0.1) is 0 Å². The monoisotopic (exact) mass is 273 g/mol. The van der Waals surface area contributed by atoms with E-state index in [1.165, 1.54) is 76.2 Å². The van der Waals surface area contributed by atoms with Crippen LogP contribution in [0.2, 0.25) is 0 Å². The molecule has 113 valence electrons. The Morgan fingerprint density at radius 3 is 2.00 bits per heavy atom. The molecule has 1 rings (SSSR count). The molecule has 0 amide bonds. The summed E-state index contributed by atoms with van der Waals surface area (Å²) >= 11 is 0. The van der Waals surface area contributed by atoms with Crippen molar-refractivity contribution in [3.05, 3.63) is 35.9 Å². The van der Waals surface area contributed by atoms with Crippen molar-refractivity contribution >= 4 is 0 Å². The number of hydrogen-bond acceptors (Lipinski definition) is 0. The molecule has 0 aliphatic carbocycles. The molecule has 1 aromatic rings. The lowest BCUT2D eigenvalue weighted by Crippen LogP contribution is -2.05. The van der Waals surface area contributed by atoms with Gasteiger partial charge in [0.1, 0.15) is 0 Å². The molecule has 0 aromatic heterocycles. The number of benzene rings is 1. The van der Waals surface area contributed by atoms with Crippen LogP contribution in [0.4, 0.5) is 0 Å². The number of unbranched alkanes of at least 4 members (excludes halogenated alkanes) is 6. The topological polar surface area (TPSA) is 0 Å². The van der Waals surface area contributed by atoms with Crippen LogP contribution in [0.3, 0.4) is 0 Å². The van der Waals surface area contributed by atoms with Gasteiger partial charge in [-0.3, -0.25) is 0 Å². The molecule has 0 heterocycles. The van der Waals surface area contributed by atoms with Crippen LogP contribution in [0.25, 0.3) is 0 Å². The third-order valence-corrected chi connectivity index (χ3v) is 4.24. The minimum absolute atomic E-state index is 0.894. The highest BCUT2D eigenvalue weighted by atomic mass is 14.1. The van der Waals surface area contributed by atoms with Crippen LogP contribution in [-0.2, 0) is 6.42 Å². The van der Waals surface area contributed by atoms with E-state index >= 15 is 0 Å². The predicted molar refractivity (Wildman–Crippen MR) is 90.0 cm³/mol. The van der Waals surface area contributed by atoms with Crippen LogP contribution in [0, 0.1) is 12.0 Å². The summed E-state index contributed by atoms with van der Waals surface area (Å²) in [6.07, 6.45) is 15.3. The lowest BCUT2D eigenvalue weighted by Gasteiger charge is -2.17. The molecule has 0 bridgehead atoms. The Labute approximate surface area is 127 Å². The van der Waals surface area contributed by atoms with Crippen molar-refractivity contribution in [2.24, 2.45) is 5.92 Å². The van der Waals surface area contributed by atoms with Gasteiger partial charge in [0, 0.05) is 0 Å². The quantitative estimate of drug-likeness (QED) is 0.377. The van der Waals surface area contributed by atoms with Gasteiger partial charge in [-0.1, -0.05) is 102 Å². The van der Waals surface area contributed by atoms with Crippen molar-refractivity contribution in [1.82, 2.24) is 0 Å². The first-order chi connectivity index (χ1) is 9.86. The Morgan fingerprint density at radius 2 is 1.35 bits per heavy atom. The van der Waals surface area contributed by atoms with Crippen LogP contribution >= 0.6 is 0 Å². The zero-order valence-electron chi connectivity index (χ0n) is 13.7. The molecule has 0 spiro atoms. The number of hydrogen-bond donors (Lipinski definition) is 0. The molecule has 1 atom stereocenters. The van der Waals surface area contributed by atoms with Gasteiger partial charge in [0.15, 0.2) is 0 Å². The lowest BCUT2D eigenvalue weighted by molar-refractivity contribution is 0.405. The Balaban J connectivity index is 2.31. The molecule has 1 radical (unpaired) electrons. The van der Waals surface area contributed by atoms with Gasteiger partial charge in [-0.25, -0.2) is 0 Å². The summed E-state index contributed by atoms with van der Waals surface area (Å²) in [4.78, 5) is 0. The third kappa shape index (κ3) is 8.40. The van der Waals surface area contributed by atoms with E-state index in [1.54, 1.807) is 0 Å². The predicted octanol–water partition coefficient (Wildman–Crippen LogP) is 6.59. The summed E-state index contributed by atoms with van der Waals surface area (Å²) < 4.78 is 0. The van der Waals surface area contributed by atoms with Crippen molar-refractivity contribution in [3.8, 4) is 0 Å². The van der Waals surface area contributed by atoms with Crippen LogP contribution in [0.15, 0.2) is 24.3 Å². The molecule has 0 N–H and O–H groups in total. The van der Waals surface area contributed by atoms with E-state index in [9.17, 15) is 0 Å². The van der Waals surface area contributed by atoms with Gasteiger partial charge in [-0.05, 0) is 24.0 Å². The first-order valence-electron chi connectivity index (χ1n) is 8.81. The molecule has 0 aliphatic rings. The molecule has 0 nitrogen and oxygen atoms in total. The molecule has 0 saturated heterocycles. The fourth-order valence-electron chi connectivity index (χ4n) is 2.96. The normalized spacial score (nSPS) is 12.5. The van der Waals surface area contributed by atoms with Gasteiger partial charge in [-0.2, -0.15) is 0 Å². The smallest absolute Gasteiger partial charge is 0.0184 e. The average molecular weight is 273 g/mol. The number of rotatable bonds is 12. The second-order valence-corrected chi connectivity index (χ2v) is 6.18. The first kappa shape index (κ1) is 17.3. The maximum atomic E-state index is 3.12. The van der Waals surface area contributed by atoms with E-state index in [1.807, 2.05) is 0 Å². The van der Waals surface area contributed by atoms with Crippen molar-refractivity contribution in [2.45, 2.75) is 84.5 Å². The minimum Gasteiger partial charge on any atom is -0.0654 e. The zero-order valence-corrected chi connectivity index (χ0v) is 13.7. The summed E-state index contributed by atoms with van der Waals surface area (Å²) in [5.74, 6) is 0.894. The second kappa shape index (κ2) is 12.0. The molecule has 0 heteroatoms. The van der Waals surface area contributed by atoms with Gasteiger partial charge >= 0.3 is 0 Å². The molecule has 1 aromatic carbocycles. The van der Waals surface area contributed by atoms with E-state index < -0.39 is 0 Å². The second-order valence-electron chi connectivity index (χ2n) is 6.18. The summed E-state index contributed by atoms with van der Waals surface area (Å²) in [6.45, 7) is 4.59. The van der Waals surface area contributed by atoms with E-state index in [4.69, 9.17) is 0 Å². The Kier molecular flexibility index (Phi) is 10.4.